The maximum atomic E-state index is 13.1. The van der Waals surface area contributed by atoms with Gasteiger partial charge in [0.15, 0.2) is 0 Å². The lowest BCUT2D eigenvalue weighted by molar-refractivity contribution is -0.137. The number of carbonyl (C=O) groups is 1. The van der Waals surface area contributed by atoms with Gasteiger partial charge < -0.3 is 20.5 Å². The number of carbonyl (C=O) groups excluding carboxylic acids is 1. The molecule has 8 heteroatoms. The second-order valence-corrected chi connectivity index (χ2v) is 5.09. The van der Waals surface area contributed by atoms with E-state index in [-0.39, 0.29) is 37.1 Å². The Morgan fingerprint density at radius 1 is 1.39 bits per heavy atom. The molecule has 0 saturated heterocycles. The molecule has 0 aliphatic carbocycles. The van der Waals surface area contributed by atoms with Crippen molar-refractivity contribution in [3.63, 3.8) is 0 Å². The molecule has 0 spiro atoms. The smallest absolute Gasteiger partial charge is 0.418 e. The zero-order chi connectivity index (χ0) is 17.5. The number of nitrogens with one attached hydrogen (secondary N) is 2. The van der Waals surface area contributed by atoms with E-state index in [1.165, 1.54) is 6.07 Å². The number of urea groups is 1. The van der Waals surface area contributed by atoms with Crippen LogP contribution in [0.25, 0.3) is 0 Å². The molecule has 1 unspecified atom stereocenters. The molecule has 0 aliphatic rings. The lowest BCUT2D eigenvalue weighted by Gasteiger charge is -2.17. The standard InChI is InChI=1S/C15H21F3N2O3/c1-3-23-11-4-5-13(12(8-11)15(16,17)18)20-14(22)19-9-10(2)6-7-21/h4-5,8,10,21H,3,6-7,9H2,1-2H3,(H2,19,20,22). The van der Waals surface area contributed by atoms with Gasteiger partial charge in [-0.25, -0.2) is 4.79 Å². The Bertz CT molecular complexity index is 521. The first-order valence-electron chi connectivity index (χ1n) is 7.27. The van der Waals surface area contributed by atoms with E-state index in [4.69, 9.17) is 9.84 Å². The fourth-order valence-electron chi connectivity index (χ4n) is 1.88. The summed E-state index contributed by atoms with van der Waals surface area (Å²) in [6, 6.07) is 2.64. The Morgan fingerprint density at radius 3 is 2.65 bits per heavy atom. The maximum absolute atomic E-state index is 13.1. The molecule has 0 aromatic heterocycles. The number of anilines is 1. The van der Waals surface area contributed by atoms with E-state index < -0.39 is 17.8 Å². The van der Waals surface area contributed by atoms with E-state index in [2.05, 4.69) is 10.6 Å². The Kier molecular flexibility index (Phi) is 7.15. The Morgan fingerprint density at radius 2 is 2.09 bits per heavy atom. The van der Waals surface area contributed by atoms with Gasteiger partial charge in [-0.05, 0) is 37.5 Å². The summed E-state index contributed by atoms with van der Waals surface area (Å²) in [5, 5.41) is 13.4. The summed E-state index contributed by atoms with van der Waals surface area (Å²) < 4.78 is 44.3. The number of alkyl halides is 3. The third kappa shape index (κ3) is 6.35. The zero-order valence-electron chi connectivity index (χ0n) is 13.0. The number of hydrogen-bond donors (Lipinski definition) is 3. The second-order valence-electron chi connectivity index (χ2n) is 5.09. The van der Waals surface area contributed by atoms with Gasteiger partial charge in [0, 0.05) is 13.2 Å². The molecule has 0 bridgehead atoms. The summed E-state index contributed by atoms with van der Waals surface area (Å²) >= 11 is 0. The van der Waals surface area contributed by atoms with Crippen LogP contribution < -0.4 is 15.4 Å². The molecule has 1 aromatic carbocycles. The number of rotatable bonds is 7. The lowest BCUT2D eigenvalue weighted by Crippen LogP contribution is -2.33. The molecular weight excluding hydrogens is 313 g/mol. The molecule has 0 aliphatic heterocycles. The van der Waals surface area contributed by atoms with Crippen LogP contribution in [0, 0.1) is 5.92 Å². The highest BCUT2D eigenvalue weighted by molar-refractivity contribution is 5.90. The molecule has 130 valence electrons. The SMILES string of the molecule is CCOc1ccc(NC(=O)NCC(C)CCO)c(C(F)(F)F)c1. The largest absolute Gasteiger partial charge is 0.494 e. The molecule has 0 saturated carbocycles. The summed E-state index contributed by atoms with van der Waals surface area (Å²) in [6.45, 7) is 3.97. The predicted octanol–water partition coefficient (Wildman–Crippen LogP) is 3.24. The summed E-state index contributed by atoms with van der Waals surface area (Å²) in [7, 11) is 0. The van der Waals surface area contributed by atoms with E-state index in [0.717, 1.165) is 12.1 Å². The number of aliphatic hydroxyl groups is 1. The van der Waals surface area contributed by atoms with Crippen molar-refractivity contribution in [2.45, 2.75) is 26.4 Å². The predicted molar refractivity (Wildman–Crippen MR) is 80.5 cm³/mol. The number of halogens is 3. The molecule has 1 rings (SSSR count). The normalized spacial score (nSPS) is 12.6. The molecule has 3 N–H and O–H groups in total. The first kappa shape index (κ1) is 19.1. The van der Waals surface area contributed by atoms with E-state index in [9.17, 15) is 18.0 Å². The van der Waals surface area contributed by atoms with Gasteiger partial charge in [-0.2, -0.15) is 13.2 Å². The van der Waals surface area contributed by atoms with Crippen LogP contribution in [0.2, 0.25) is 0 Å². The van der Waals surface area contributed by atoms with Crippen molar-refractivity contribution in [3.8, 4) is 5.75 Å². The fraction of sp³-hybridized carbons (Fsp3) is 0.533. The van der Waals surface area contributed by atoms with Crippen molar-refractivity contribution < 1.29 is 27.8 Å². The van der Waals surface area contributed by atoms with Crippen LogP contribution in [0.3, 0.4) is 0 Å². The summed E-state index contributed by atoms with van der Waals surface area (Å²) in [6.07, 6.45) is -4.11. The molecule has 23 heavy (non-hydrogen) atoms. The minimum absolute atomic E-state index is 0.0123. The quantitative estimate of drug-likeness (QED) is 0.717. The first-order valence-corrected chi connectivity index (χ1v) is 7.27. The minimum atomic E-state index is -4.61. The van der Waals surface area contributed by atoms with E-state index >= 15 is 0 Å². The Hall–Kier alpha value is -1.96. The molecule has 0 fully saturated rings. The van der Waals surface area contributed by atoms with Gasteiger partial charge in [0.2, 0.25) is 0 Å². The molecule has 0 radical (unpaired) electrons. The van der Waals surface area contributed by atoms with Crippen LogP contribution in [0.1, 0.15) is 25.8 Å². The van der Waals surface area contributed by atoms with Gasteiger partial charge in [0.25, 0.3) is 0 Å². The third-order valence-electron chi connectivity index (χ3n) is 3.09. The summed E-state index contributed by atoms with van der Waals surface area (Å²) in [4.78, 5) is 11.7. The van der Waals surface area contributed by atoms with Crippen molar-refractivity contribution >= 4 is 11.7 Å². The van der Waals surface area contributed by atoms with Gasteiger partial charge in [0.1, 0.15) is 5.75 Å². The van der Waals surface area contributed by atoms with Gasteiger partial charge in [0.05, 0.1) is 17.9 Å². The average molecular weight is 334 g/mol. The number of hydrogen-bond acceptors (Lipinski definition) is 3. The van der Waals surface area contributed by atoms with Crippen LogP contribution in [0.5, 0.6) is 5.75 Å². The van der Waals surface area contributed by atoms with Crippen molar-refractivity contribution in [3.05, 3.63) is 23.8 Å². The second kappa shape index (κ2) is 8.61. The van der Waals surface area contributed by atoms with E-state index in [1.54, 1.807) is 6.92 Å². The van der Waals surface area contributed by atoms with Crippen LogP contribution in [-0.4, -0.2) is 30.9 Å². The lowest BCUT2D eigenvalue weighted by atomic mass is 10.1. The summed E-state index contributed by atoms with van der Waals surface area (Å²) in [5.41, 5.74) is -1.31. The third-order valence-corrected chi connectivity index (χ3v) is 3.09. The molecule has 5 nitrogen and oxygen atoms in total. The minimum Gasteiger partial charge on any atom is -0.494 e. The highest BCUT2D eigenvalue weighted by Crippen LogP contribution is 2.37. The van der Waals surface area contributed by atoms with Crippen LogP contribution in [0.4, 0.5) is 23.7 Å². The average Bonchev–Trinajstić information content (AvgIpc) is 2.46. The number of benzene rings is 1. The highest BCUT2D eigenvalue weighted by atomic mass is 19.4. The number of aliphatic hydroxyl groups excluding tert-OH is 1. The van der Waals surface area contributed by atoms with Crippen molar-refractivity contribution in [2.24, 2.45) is 5.92 Å². The van der Waals surface area contributed by atoms with E-state index in [1.807, 2.05) is 6.92 Å². The maximum Gasteiger partial charge on any atom is 0.418 e. The van der Waals surface area contributed by atoms with Crippen LogP contribution >= 0.6 is 0 Å². The molecule has 0 heterocycles. The van der Waals surface area contributed by atoms with Gasteiger partial charge in [-0.3, -0.25) is 0 Å². The van der Waals surface area contributed by atoms with Gasteiger partial charge in [-0.15, -0.1) is 0 Å². The van der Waals surface area contributed by atoms with Crippen molar-refractivity contribution in [1.29, 1.82) is 0 Å². The number of ether oxygens (including phenoxy) is 1. The van der Waals surface area contributed by atoms with Gasteiger partial charge >= 0.3 is 12.2 Å². The Labute approximate surface area is 132 Å². The number of amides is 2. The Balaban J connectivity index is 2.80. The summed E-state index contributed by atoms with van der Waals surface area (Å²) in [5.74, 6) is 0.107. The van der Waals surface area contributed by atoms with Crippen LogP contribution in [0.15, 0.2) is 18.2 Å². The van der Waals surface area contributed by atoms with Gasteiger partial charge in [-0.1, -0.05) is 6.92 Å². The fourth-order valence-corrected chi connectivity index (χ4v) is 1.88. The monoisotopic (exact) mass is 334 g/mol. The zero-order valence-corrected chi connectivity index (χ0v) is 13.0. The molecule has 1 aromatic rings. The molecular formula is C15H21F3N2O3. The molecule has 1 atom stereocenters. The van der Waals surface area contributed by atoms with Crippen molar-refractivity contribution in [2.75, 3.05) is 25.1 Å². The highest BCUT2D eigenvalue weighted by Gasteiger charge is 2.34. The molecule has 2 amide bonds. The van der Waals surface area contributed by atoms with Crippen LogP contribution in [-0.2, 0) is 6.18 Å². The van der Waals surface area contributed by atoms with E-state index in [0.29, 0.717) is 6.42 Å². The first-order chi connectivity index (χ1) is 10.8. The topological polar surface area (TPSA) is 70.6 Å². The van der Waals surface area contributed by atoms with Crippen molar-refractivity contribution in [1.82, 2.24) is 5.32 Å².